The van der Waals surface area contributed by atoms with Gasteiger partial charge >= 0.3 is 0 Å². The third-order valence-electron chi connectivity index (χ3n) is 3.92. The number of nitro groups is 1. The van der Waals surface area contributed by atoms with Crippen LogP contribution in [0, 0.1) is 10.1 Å². The number of benzene rings is 2. The predicted octanol–water partition coefficient (Wildman–Crippen LogP) is 3.42. The van der Waals surface area contributed by atoms with Gasteiger partial charge in [0.1, 0.15) is 11.4 Å². The number of non-ortho nitro benzene ring substituents is 1. The van der Waals surface area contributed by atoms with Crippen LogP contribution in [-0.4, -0.2) is 34.4 Å². The first-order valence-corrected chi connectivity index (χ1v) is 8.52. The monoisotopic (exact) mass is 391 g/mol. The number of amides is 1. The SMILES string of the molecule is COc1ccccc1C=CC=NNC(=O)c1cc(-c2cccc([N+](=O)[O-])c2)n[nH]1. The fourth-order valence-corrected chi connectivity index (χ4v) is 2.51. The Morgan fingerprint density at radius 3 is 2.86 bits per heavy atom. The van der Waals surface area contributed by atoms with Crippen molar-refractivity contribution in [2.24, 2.45) is 5.10 Å². The molecule has 2 aromatic carbocycles. The number of nitrogens with zero attached hydrogens (tertiary/aromatic N) is 3. The van der Waals surface area contributed by atoms with Crippen LogP contribution in [0.1, 0.15) is 16.1 Å². The summed E-state index contributed by atoms with van der Waals surface area (Å²) in [5, 5.41) is 21.3. The van der Waals surface area contributed by atoms with Gasteiger partial charge in [0.15, 0.2) is 0 Å². The zero-order chi connectivity index (χ0) is 20.6. The first-order chi connectivity index (χ1) is 14.1. The number of hydrogen-bond acceptors (Lipinski definition) is 6. The molecule has 0 atom stereocenters. The molecule has 0 aliphatic heterocycles. The zero-order valence-electron chi connectivity index (χ0n) is 15.4. The van der Waals surface area contributed by atoms with Gasteiger partial charge in [-0.3, -0.25) is 20.0 Å². The summed E-state index contributed by atoms with van der Waals surface area (Å²) in [6, 6.07) is 15.0. The Hall–Kier alpha value is -4.27. The number of nitrogens with one attached hydrogen (secondary N) is 2. The number of rotatable bonds is 7. The van der Waals surface area contributed by atoms with Gasteiger partial charge in [-0.25, -0.2) is 5.43 Å². The average molecular weight is 391 g/mol. The molecule has 0 unspecified atom stereocenters. The summed E-state index contributed by atoms with van der Waals surface area (Å²) in [5.41, 5.74) is 4.32. The van der Waals surface area contributed by atoms with Crippen LogP contribution in [0.2, 0.25) is 0 Å². The van der Waals surface area contributed by atoms with Gasteiger partial charge in [0.2, 0.25) is 0 Å². The normalized spacial score (nSPS) is 11.1. The molecule has 1 heterocycles. The van der Waals surface area contributed by atoms with E-state index in [1.807, 2.05) is 24.3 Å². The van der Waals surface area contributed by atoms with E-state index < -0.39 is 10.8 Å². The molecule has 0 saturated heterocycles. The molecule has 3 aromatic rings. The van der Waals surface area contributed by atoms with E-state index in [0.717, 1.165) is 11.3 Å². The summed E-state index contributed by atoms with van der Waals surface area (Å²) < 4.78 is 5.24. The van der Waals surface area contributed by atoms with E-state index in [1.165, 1.54) is 24.4 Å². The van der Waals surface area contributed by atoms with Crippen molar-refractivity contribution in [3.8, 4) is 17.0 Å². The Kier molecular flexibility index (Phi) is 6.11. The van der Waals surface area contributed by atoms with Gasteiger partial charge in [0, 0.05) is 29.5 Å². The largest absolute Gasteiger partial charge is 0.496 e. The van der Waals surface area contributed by atoms with Crippen LogP contribution in [0.3, 0.4) is 0 Å². The molecular weight excluding hydrogens is 374 g/mol. The first kappa shape index (κ1) is 19.5. The summed E-state index contributed by atoms with van der Waals surface area (Å²) in [6.07, 6.45) is 4.90. The van der Waals surface area contributed by atoms with E-state index in [4.69, 9.17) is 4.74 Å². The summed E-state index contributed by atoms with van der Waals surface area (Å²) in [7, 11) is 1.59. The van der Waals surface area contributed by atoms with Gasteiger partial charge in [-0.2, -0.15) is 10.2 Å². The fourth-order valence-electron chi connectivity index (χ4n) is 2.51. The molecule has 29 heavy (non-hydrogen) atoms. The highest BCUT2D eigenvalue weighted by molar-refractivity contribution is 5.94. The Labute approximate surface area is 165 Å². The number of hydrogen-bond donors (Lipinski definition) is 2. The van der Waals surface area contributed by atoms with Crippen LogP contribution >= 0.6 is 0 Å². The maximum absolute atomic E-state index is 12.1. The predicted molar refractivity (Wildman–Crippen MR) is 109 cm³/mol. The topological polar surface area (TPSA) is 123 Å². The number of H-pyrrole nitrogens is 1. The van der Waals surface area contributed by atoms with Crippen LogP contribution in [-0.2, 0) is 0 Å². The maximum Gasteiger partial charge on any atom is 0.289 e. The number of carbonyl (C=O) groups is 1. The zero-order valence-corrected chi connectivity index (χ0v) is 15.4. The standard InChI is InChI=1S/C20H17N5O4/c1-29-19-10-3-2-6-14(19)8-5-11-21-24-20(26)18-13-17(22-23-18)15-7-4-9-16(12-15)25(27)28/h2-13H,1H3,(H,22,23)(H,24,26). The number of aromatic amines is 1. The highest BCUT2D eigenvalue weighted by Crippen LogP contribution is 2.22. The van der Waals surface area contributed by atoms with Crippen molar-refractivity contribution in [1.29, 1.82) is 0 Å². The number of nitro benzene ring substituents is 1. The van der Waals surface area contributed by atoms with Crippen LogP contribution in [0.25, 0.3) is 17.3 Å². The number of aromatic nitrogens is 2. The molecule has 1 amide bonds. The van der Waals surface area contributed by atoms with Crippen molar-refractivity contribution in [2.45, 2.75) is 0 Å². The lowest BCUT2D eigenvalue weighted by molar-refractivity contribution is -0.384. The second-order valence-electron chi connectivity index (χ2n) is 5.79. The number of hydrazone groups is 1. The molecule has 0 fully saturated rings. The average Bonchev–Trinajstić information content (AvgIpc) is 3.24. The molecule has 2 N–H and O–H groups in total. The third kappa shape index (κ3) is 4.92. The van der Waals surface area contributed by atoms with E-state index in [9.17, 15) is 14.9 Å². The molecule has 0 spiro atoms. The van der Waals surface area contributed by atoms with E-state index in [-0.39, 0.29) is 11.4 Å². The van der Waals surface area contributed by atoms with Crippen molar-refractivity contribution in [2.75, 3.05) is 7.11 Å². The number of ether oxygens (including phenoxy) is 1. The first-order valence-electron chi connectivity index (χ1n) is 8.52. The van der Waals surface area contributed by atoms with Gasteiger partial charge in [0.25, 0.3) is 11.6 Å². The molecule has 0 aliphatic carbocycles. The Morgan fingerprint density at radius 2 is 2.07 bits per heavy atom. The molecule has 9 nitrogen and oxygen atoms in total. The van der Waals surface area contributed by atoms with Gasteiger partial charge in [-0.05, 0) is 24.3 Å². The van der Waals surface area contributed by atoms with Crippen LogP contribution in [0.5, 0.6) is 5.75 Å². The van der Waals surface area contributed by atoms with Crippen molar-refractivity contribution in [3.63, 3.8) is 0 Å². The minimum atomic E-state index is -0.490. The minimum absolute atomic E-state index is 0.0528. The van der Waals surface area contributed by atoms with Gasteiger partial charge < -0.3 is 4.74 Å². The Bertz CT molecular complexity index is 1090. The van der Waals surface area contributed by atoms with Crippen LogP contribution < -0.4 is 10.2 Å². The lowest BCUT2D eigenvalue weighted by atomic mass is 10.1. The quantitative estimate of drug-likeness (QED) is 0.363. The number of methoxy groups -OCH3 is 1. The van der Waals surface area contributed by atoms with E-state index in [0.29, 0.717) is 11.3 Å². The summed E-state index contributed by atoms with van der Waals surface area (Å²) in [6.45, 7) is 0. The molecule has 0 radical (unpaired) electrons. The molecular formula is C20H17N5O4. The number of allylic oxidation sites excluding steroid dienone is 1. The molecule has 0 aliphatic rings. The van der Waals surface area contributed by atoms with Gasteiger partial charge in [-0.15, -0.1) is 0 Å². The Balaban J connectivity index is 1.62. The number of carbonyl (C=O) groups excluding carboxylic acids is 1. The molecule has 1 aromatic heterocycles. The highest BCUT2D eigenvalue weighted by atomic mass is 16.6. The van der Waals surface area contributed by atoms with Crippen molar-refractivity contribution in [3.05, 3.63) is 82.0 Å². The van der Waals surface area contributed by atoms with Crippen molar-refractivity contribution in [1.82, 2.24) is 15.6 Å². The van der Waals surface area contributed by atoms with Crippen LogP contribution in [0.15, 0.2) is 65.8 Å². The molecule has 3 rings (SSSR count). The maximum atomic E-state index is 12.1. The smallest absolute Gasteiger partial charge is 0.289 e. The molecule has 146 valence electrons. The summed E-state index contributed by atoms with van der Waals surface area (Å²) in [4.78, 5) is 22.5. The lowest BCUT2D eigenvalue weighted by Crippen LogP contribution is -2.17. The van der Waals surface area contributed by atoms with Gasteiger partial charge in [-0.1, -0.05) is 30.3 Å². The highest BCUT2D eigenvalue weighted by Gasteiger charge is 2.13. The van der Waals surface area contributed by atoms with Crippen molar-refractivity contribution < 1.29 is 14.5 Å². The molecule has 9 heteroatoms. The lowest BCUT2D eigenvalue weighted by Gasteiger charge is -2.02. The van der Waals surface area contributed by atoms with Crippen molar-refractivity contribution >= 4 is 23.9 Å². The van der Waals surface area contributed by atoms with Crippen LogP contribution in [0.4, 0.5) is 5.69 Å². The van der Waals surface area contributed by atoms with Gasteiger partial charge in [0.05, 0.1) is 17.7 Å². The molecule has 0 bridgehead atoms. The number of para-hydroxylation sites is 1. The van der Waals surface area contributed by atoms with E-state index in [1.54, 1.807) is 31.4 Å². The summed E-state index contributed by atoms with van der Waals surface area (Å²) >= 11 is 0. The third-order valence-corrected chi connectivity index (χ3v) is 3.92. The minimum Gasteiger partial charge on any atom is -0.496 e. The Morgan fingerprint density at radius 1 is 1.24 bits per heavy atom. The molecule has 0 saturated carbocycles. The second-order valence-corrected chi connectivity index (χ2v) is 5.79. The van der Waals surface area contributed by atoms with E-state index >= 15 is 0 Å². The second kappa shape index (κ2) is 9.09. The fraction of sp³-hybridized carbons (Fsp3) is 0.0500. The van der Waals surface area contributed by atoms with E-state index in [2.05, 4.69) is 20.7 Å². The summed E-state index contributed by atoms with van der Waals surface area (Å²) in [5.74, 6) is 0.239.